The van der Waals surface area contributed by atoms with Crippen LogP contribution in [0.4, 0.5) is 0 Å². The van der Waals surface area contributed by atoms with Crippen LogP contribution in [0.15, 0.2) is 30.3 Å². The van der Waals surface area contributed by atoms with Gasteiger partial charge in [0.2, 0.25) is 11.7 Å². The fraction of sp³-hybridized carbons (Fsp3) is 0.400. The van der Waals surface area contributed by atoms with Crippen molar-refractivity contribution < 1.29 is 14.4 Å². The molecule has 1 heterocycles. The van der Waals surface area contributed by atoms with Crippen LogP contribution in [0, 0.1) is 0 Å². The van der Waals surface area contributed by atoms with Crippen LogP contribution in [0.5, 0.6) is 0 Å². The van der Waals surface area contributed by atoms with E-state index in [0.717, 1.165) is 25.9 Å². The number of nitrogens with one attached hydrogen (secondary N) is 1. The number of carbonyl (C=O) groups excluding carboxylic acids is 3. The predicted molar refractivity (Wildman–Crippen MR) is 74.2 cm³/mol. The zero-order chi connectivity index (χ0) is 14.5. The highest BCUT2D eigenvalue weighted by molar-refractivity contribution is 6.43. The van der Waals surface area contributed by atoms with Crippen molar-refractivity contribution in [3.05, 3.63) is 35.9 Å². The van der Waals surface area contributed by atoms with Crippen molar-refractivity contribution in [1.29, 1.82) is 0 Å². The lowest BCUT2D eigenvalue weighted by atomic mass is 10.1. The summed E-state index contributed by atoms with van der Waals surface area (Å²) in [4.78, 5) is 37.5. The van der Waals surface area contributed by atoms with Gasteiger partial charge in [-0.25, -0.2) is 0 Å². The van der Waals surface area contributed by atoms with Crippen molar-refractivity contribution in [3.8, 4) is 0 Å². The van der Waals surface area contributed by atoms with Crippen molar-refractivity contribution in [1.82, 2.24) is 10.2 Å². The first-order chi connectivity index (χ1) is 9.59. The fourth-order valence-corrected chi connectivity index (χ4v) is 2.26. The number of amides is 2. The molecular formula is C15H18N2O3. The summed E-state index contributed by atoms with van der Waals surface area (Å²) in [5, 5.41) is 2.48. The molecule has 1 aromatic carbocycles. The van der Waals surface area contributed by atoms with Gasteiger partial charge in [-0.3, -0.25) is 14.4 Å². The zero-order valence-electron chi connectivity index (χ0n) is 11.5. The van der Waals surface area contributed by atoms with Crippen LogP contribution in [0.2, 0.25) is 0 Å². The first-order valence-corrected chi connectivity index (χ1v) is 6.78. The number of nitrogens with zero attached hydrogens (tertiary/aromatic N) is 1. The number of hydrogen-bond donors (Lipinski definition) is 1. The van der Waals surface area contributed by atoms with Gasteiger partial charge in [0.1, 0.15) is 6.04 Å². The van der Waals surface area contributed by atoms with Crippen LogP contribution in [0.3, 0.4) is 0 Å². The maximum absolute atomic E-state index is 12.0. The van der Waals surface area contributed by atoms with Gasteiger partial charge in [-0.1, -0.05) is 30.3 Å². The van der Waals surface area contributed by atoms with Crippen molar-refractivity contribution in [2.75, 3.05) is 13.1 Å². The Kier molecular flexibility index (Phi) is 4.50. The summed E-state index contributed by atoms with van der Waals surface area (Å²) in [5.74, 6) is -1.49. The molecule has 2 amide bonds. The Morgan fingerprint density at radius 1 is 1.10 bits per heavy atom. The molecule has 0 bridgehead atoms. The summed E-state index contributed by atoms with van der Waals surface area (Å²) in [5.41, 5.74) is 0.325. The molecule has 0 radical (unpaired) electrons. The van der Waals surface area contributed by atoms with E-state index in [1.165, 1.54) is 0 Å². The topological polar surface area (TPSA) is 66.5 Å². The maximum Gasteiger partial charge on any atom is 0.293 e. The molecule has 0 saturated carbocycles. The smallest absolute Gasteiger partial charge is 0.293 e. The molecule has 1 aliphatic heterocycles. The Bertz CT molecular complexity index is 507. The first kappa shape index (κ1) is 14.2. The highest BCUT2D eigenvalue weighted by atomic mass is 16.2. The quantitative estimate of drug-likeness (QED) is 0.658. The standard InChI is InChI=1S/C15H18N2O3/c1-11(15(20)17-9-5-6-10-17)16-14(19)13(18)12-7-3-2-4-8-12/h2-4,7-8,11H,5-6,9-10H2,1H3,(H,16,19). The predicted octanol–water partition coefficient (Wildman–Crippen LogP) is 0.996. The second-order valence-electron chi connectivity index (χ2n) is 4.92. The number of Topliss-reactive ketones (excluding diaryl/α,β-unsaturated/α-hetero) is 1. The number of hydrogen-bond acceptors (Lipinski definition) is 3. The summed E-state index contributed by atoms with van der Waals surface area (Å²) in [6.45, 7) is 3.06. The van der Waals surface area contributed by atoms with Crippen molar-refractivity contribution >= 4 is 17.6 Å². The van der Waals surface area contributed by atoms with Gasteiger partial charge in [0.15, 0.2) is 0 Å². The molecule has 20 heavy (non-hydrogen) atoms. The molecule has 1 unspecified atom stereocenters. The molecule has 106 valence electrons. The van der Waals surface area contributed by atoms with Crippen LogP contribution in [0.25, 0.3) is 0 Å². The molecular weight excluding hydrogens is 256 g/mol. The first-order valence-electron chi connectivity index (χ1n) is 6.78. The molecule has 0 aromatic heterocycles. The molecule has 1 atom stereocenters. The molecule has 1 aliphatic rings. The van der Waals surface area contributed by atoms with Gasteiger partial charge in [-0.05, 0) is 19.8 Å². The monoisotopic (exact) mass is 274 g/mol. The largest absolute Gasteiger partial charge is 0.341 e. The van der Waals surface area contributed by atoms with Gasteiger partial charge in [0.05, 0.1) is 0 Å². The van der Waals surface area contributed by atoms with E-state index < -0.39 is 17.7 Å². The highest BCUT2D eigenvalue weighted by Crippen LogP contribution is 2.09. The highest BCUT2D eigenvalue weighted by Gasteiger charge is 2.26. The molecule has 2 rings (SSSR count). The Balaban J connectivity index is 1.93. The Labute approximate surface area is 118 Å². The van der Waals surface area contributed by atoms with E-state index >= 15 is 0 Å². The van der Waals surface area contributed by atoms with Gasteiger partial charge in [-0.15, -0.1) is 0 Å². The minimum atomic E-state index is -0.740. The van der Waals surface area contributed by atoms with Crippen LogP contribution in [-0.4, -0.2) is 41.6 Å². The van der Waals surface area contributed by atoms with E-state index in [2.05, 4.69) is 5.32 Å². The molecule has 1 aromatic rings. The normalized spacial score (nSPS) is 15.8. The lowest BCUT2D eigenvalue weighted by Crippen LogP contribution is -2.47. The lowest BCUT2D eigenvalue weighted by Gasteiger charge is -2.20. The SMILES string of the molecule is CC(NC(=O)C(=O)c1ccccc1)C(=O)N1CCCC1. The van der Waals surface area contributed by atoms with Gasteiger partial charge in [-0.2, -0.15) is 0 Å². The average Bonchev–Trinajstić information content (AvgIpc) is 3.00. The van der Waals surface area contributed by atoms with Crippen LogP contribution >= 0.6 is 0 Å². The van der Waals surface area contributed by atoms with Gasteiger partial charge < -0.3 is 10.2 Å². The fourth-order valence-electron chi connectivity index (χ4n) is 2.26. The second-order valence-corrected chi connectivity index (χ2v) is 4.92. The van der Waals surface area contributed by atoms with Crippen molar-refractivity contribution in [2.24, 2.45) is 0 Å². The molecule has 1 fully saturated rings. The number of ketones is 1. The molecule has 1 saturated heterocycles. The minimum absolute atomic E-state index is 0.128. The molecule has 5 heteroatoms. The third-order valence-electron chi connectivity index (χ3n) is 3.38. The number of rotatable bonds is 4. The lowest BCUT2D eigenvalue weighted by molar-refractivity contribution is -0.134. The van der Waals surface area contributed by atoms with Crippen LogP contribution in [0.1, 0.15) is 30.1 Å². The van der Waals surface area contributed by atoms with E-state index in [9.17, 15) is 14.4 Å². The van der Waals surface area contributed by atoms with Gasteiger partial charge in [0.25, 0.3) is 5.91 Å². The zero-order valence-corrected chi connectivity index (χ0v) is 11.5. The molecule has 1 N–H and O–H groups in total. The molecule has 5 nitrogen and oxygen atoms in total. The van der Waals surface area contributed by atoms with Crippen LogP contribution < -0.4 is 5.32 Å². The van der Waals surface area contributed by atoms with E-state index in [0.29, 0.717) is 5.56 Å². The van der Waals surface area contributed by atoms with Crippen LogP contribution in [-0.2, 0) is 9.59 Å². The minimum Gasteiger partial charge on any atom is -0.341 e. The van der Waals surface area contributed by atoms with Gasteiger partial charge in [0, 0.05) is 18.7 Å². The molecule has 0 spiro atoms. The summed E-state index contributed by atoms with van der Waals surface area (Å²) in [7, 11) is 0. The summed E-state index contributed by atoms with van der Waals surface area (Å²) >= 11 is 0. The molecule has 0 aliphatic carbocycles. The van der Waals surface area contributed by atoms with E-state index in [4.69, 9.17) is 0 Å². The number of benzene rings is 1. The summed E-state index contributed by atoms with van der Waals surface area (Å²) < 4.78 is 0. The summed E-state index contributed by atoms with van der Waals surface area (Å²) in [6, 6.07) is 7.64. The van der Waals surface area contributed by atoms with E-state index in [1.54, 1.807) is 42.2 Å². The average molecular weight is 274 g/mol. The Morgan fingerprint density at radius 3 is 2.30 bits per heavy atom. The number of likely N-dealkylation sites (tertiary alicyclic amines) is 1. The van der Waals surface area contributed by atoms with Crippen molar-refractivity contribution in [2.45, 2.75) is 25.8 Å². The van der Waals surface area contributed by atoms with Crippen molar-refractivity contribution in [3.63, 3.8) is 0 Å². The third kappa shape index (κ3) is 3.23. The third-order valence-corrected chi connectivity index (χ3v) is 3.38. The number of carbonyl (C=O) groups is 3. The second kappa shape index (κ2) is 6.32. The van der Waals surface area contributed by atoms with E-state index in [1.807, 2.05) is 0 Å². The Hall–Kier alpha value is -2.17. The summed E-state index contributed by atoms with van der Waals surface area (Å²) in [6.07, 6.45) is 1.99. The Morgan fingerprint density at radius 2 is 1.70 bits per heavy atom. The maximum atomic E-state index is 12.0. The van der Waals surface area contributed by atoms with E-state index in [-0.39, 0.29) is 5.91 Å². The van der Waals surface area contributed by atoms with Gasteiger partial charge >= 0.3 is 0 Å².